The van der Waals surface area contributed by atoms with Crippen LogP contribution in [0.1, 0.15) is 44.6 Å². The zero-order valence-electron chi connectivity index (χ0n) is 21.3. The molecular weight excluding hydrogens is 460 g/mol. The Kier molecular flexibility index (Phi) is 8.89. The first kappa shape index (κ1) is 26.5. The van der Waals surface area contributed by atoms with Crippen molar-refractivity contribution in [3.8, 4) is 11.5 Å². The molecule has 8 heteroatoms. The summed E-state index contributed by atoms with van der Waals surface area (Å²) in [7, 11) is 3.20. The summed E-state index contributed by atoms with van der Waals surface area (Å²) in [4.78, 5) is 37.4. The molecule has 190 valence electrons. The zero-order valence-corrected chi connectivity index (χ0v) is 21.3. The van der Waals surface area contributed by atoms with Crippen molar-refractivity contribution in [2.24, 2.45) is 0 Å². The largest absolute Gasteiger partial charge is 0.493 e. The average molecular weight is 493 g/mol. The molecule has 0 saturated heterocycles. The number of methoxy groups -OCH3 is 2. The minimum atomic E-state index is -0.889. The number of Topliss-reactive ketones (excluding diaryl/α,β-unsaturated/α-hetero) is 1. The second kappa shape index (κ2) is 12.1. The van der Waals surface area contributed by atoms with Gasteiger partial charge in [-0.25, -0.2) is 4.79 Å². The first-order valence-electron chi connectivity index (χ1n) is 11.7. The third-order valence-corrected chi connectivity index (χ3v) is 6.03. The number of aromatic nitrogens is 1. The molecule has 1 amide bonds. The first-order chi connectivity index (χ1) is 17.2. The van der Waals surface area contributed by atoms with Crippen LogP contribution in [-0.4, -0.2) is 49.1 Å². The standard InChI is InChI=1S/C28H32N2O6/c1-18-15-23(20(3)30(18)14-13-21-11-12-25(34-4)26(16-21)35-5)24(31)17-36-28(33)19(2)29-27(32)22-9-7-6-8-10-22/h6-12,15-16,19H,13-14,17H2,1-5H3,(H,29,32)/t19-/m0/s1. The molecule has 3 rings (SSSR count). The molecule has 0 unspecified atom stereocenters. The second-order valence-electron chi connectivity index (χ2n) is 8.47. The average Bonchev–Trinajstić information content (AvgIpc) is 3.18. The third-order valence-electron chi connectivity index (χ3n) is 6.03. The van der Waals surface area contributed by atoms with E-state index in [1.54, 1.807) is 50.6 Å². The van der Waals surface area contributed by atoms with Gasteiger partial charge in [-0.2, -0.15) is 0 Å². The first-order valence-corrected chi connectivity index (χ1v) is 11.7. The van der Waals surface area contributed by atoms with Crippen molar-refractivity contribution in [1.29, 1.82) is 0 Å². The van der Waals surface area contributed by atoms with Crippen molar-refractivity contribution in [3.05, 3.63) is 82.7 Å². The van der Waals surface area contributed by atoms with Crippen LogP contribution in [0.15, 0.2) is 54.6 Å². The number of hydrogen-bond donors (Lipinski definition) is 1. The van der Waals surface area contributed by atoms with Crippen LogP contribution in [0.2, 0.25) is 0 Å². The van der Waals surface area contributed by atoms with Crippen LogP contribution >= 0.6 is 0 Å². The SMILES string of the molecule is COc1ccc(CCn2c(C)cc(C(=O)COC(=O)[C@H](C)NC(=O)c3ccccc3)c2C)cc1OC. The molecule has 8 nitrogen and oxygen atoms in total. The molecule has 36 heavy (non-hydrogen) atoms. The number of carbonyl (C=O) groups excluding carboxylic acids is 3. The molecular formula is C28H32N2O6. The highest BCUT2D eigenvalue weighted by Crippen LogP contribution is 2.28. The molecule has 1 aromatic heterocycles. The molecule has 0 bridgehead atoms. The number of aryl methyl sites for hydroxylation is 2. The van der Waals surface area contributed by atoms with Gasteiger partial charge in [0.1, 0.15) is 6.04 Å². The topological polar surface area (TPSA) is 95.9 Å². The van der Waals surface area contributed by atoms with E-state index < -0.39 is 18.6 Å². The fraction of sp³-hybridized carbons (Fsp3) is 0.321. The lowest BCUT2D eigenvalue weighted by atomic mass is 10.1. The number of benzene rings is 2. The van der Waals surface area contributed by atoms with E-state index in [9.17, 15) is 14.4 Å². The van der Waals surface area contributed by atoms with E-state index in [2.05, 4.69) is 9.88 Å². The quantitative estimate of drug-likeness (QED) is 0.322. The molecule has 0 aliphatic rings. The van der Waals surface area contributed by atoms with E-state index in [1.807, 2.05) is 32.0 Å². The van der Waals surface area contributed by atoms with Crippen molar-refractivity contribution in [2.75, 3.05) is 20.8 Å². The molecule has 3 aromatic rings. The molecule has 0 radical (unpaired) electrons. The Morgan fingerprint density at radius 1 is 0.944 bits per heavy atom. The third kappa shape index (κ3) is 6.33. The lowest BCUT2D eigenvalue weighted by Crippen LogP contribution is -2.40. The van der Waals surface area contributed by atoms with Crippen molar-refractivity contribution < 1.29 is 28.6 Å². The number of hydrogen-bond acceptors (Lipinski definition) is 6. The molecule has 0 saturated carbocycles. The van der Waals surface area contributed by atoms with E-state index in [0.717, 1.165) is 23.4 Å². The molecule has 2 aromatic carbocycles. The van der Waals surface area contributed by atoms with Gasteiger partial charge in [-0.05, 0) is 63.1 Å². The van der Waals surface area contributed by atoms with Crippen molar-refractivity contribution in [1.82, 2.24) is 9.88 Å². The number of amides is 1. The fourth-order valence-corrected chi connectivity index (χ4v) is 3.97. The van der Waals surface area contributed by atoms with Crippen LogP contribution in [0, 0.1) is 13.8 Å². The van der Waals surface area contributed by atoms with Crippen LogP contribution in [0.3, 0.4) is 0 Å². The molecule has 0 aliphatic carbocycles. The van der Waals surface area contributed by atoms with Gasteiger partial charge in [0, 0.05) is 29.1 Å². The Morgan fingerprint density at radius 2 is 1.64 bits per heavy atom. The molecule has 0 fully saturated rings. The highest BCUT2D eigenvalue weighted by Gasteiger charge is 2.21. The lowest BCUT2D eigenvalue weighted by Gasteiger charge is -2.13. The van der Waals surface area contributed by atoms with Gasteiger partial charge in [-0.15, -0.1) is 0 Å². The van der Waals surface area contributed by atoms with Gasteiger partial charge < -0.3 is 24.1 Å². The summed E-state index contributed by atoms with van der Waals surface area (Å²) in [6.07, 6.45) is 0.734. The number of rotatable bonds is 11. The van der Waals surface area contributed by atoms with Gasteiger partial charge in [0.15, 0.2) is 18.1 Å². The van der Waals surface area contributed by atoms with Crippen molar-refractivity contribution >= 4 is 17.7 Å². The molecule has 0 spiro atoms. The van der Waals surface area contributed by atoms with Crippen molar-refractivity contribution in [3.63, 3.8) is 0 Å². The summed E-state index contributed by atoms with van der Waals surface area (Å²) < 4.78 is 17.9. The van der Waals surface area contributed by atoms with E-state index in [1.165, 1.54) is 6.92 Å². The van der Waals surface area contributed by atoms with Gasteiger partial charge in [-0.1, -0.05) is 24.3 Å². The summed E-state index contributed by atoms with van der Waals surface area (Å²) >= 11 is 0. The molecule has 0 aliphatic heterocycles. The monoisotopic (exact) mass is 492 g/mol. The number of carbonyl (C=O) groups is 3. The maximum Gasteiger partial charge on any atom is 0.328 e. The fourth-order valence-electron chi connectivity index (χ4n) is 3.97. The van der Waals surface area contributed by atoms with Crippen LogP contribution in [0.25, 0.3) is 0 Å². The number of nitrogens with zero attached hydrogens (tertiary/aromatic N) is 1. The second-order valence-corrected chi connectivity index (χ2v) is 8.47. The van der Waals surface area contributed by atoms with E-state index >= 15 is 0 Å². The van der Waals surface area contributed by atoms with Gasteiger partial charge in [0.25, 0.3) is 5.91 Å². The zero-order chi connectivity index (χ0) is 26.2. The van der Waals surface area contributed by atoms with Gasteiger partial charge in [-0.3, -0.25) is 9.59 Å². The maximum atomic E-state index is 12.8. The molecule has 1 N–H and O–H groups in total. The van der Waals surface area contributed by atoms with Crippen LogP contribution in [-0.2, 0) is 22.5 Å². The Bertz CT molecular complexity index is 1230. The highest BCUT2D eigenvalue weighted by molar-refractivity contribution is 6.00. The highest BCUT2D eigenvalue weighted by atomic mass is 16.5. The summed E-state index contributed by atoms with van der Waals surface area (Å²) in [5.41, 5.74) is 3.77. The maximum absolute atomic E-state index is 12.8. The van der Waals surface area contributed by atoms with Gasteiger partial charge >= 0.3 is 5.97 Å². The molecule has 1 heterocycles. The van der Waals surface area contributed by atoms with Crippen molar-refractivity contribution in [2.45, 2.75) is 39.8 Å². The predicted octanol–water partition coefficient (Wildman–Crippen LogP) is 3.91. The number of esters is 1. The Labute approximate surface area is 211 Å². The Balaban J connectivity index is 1.58. The van der Waals surface area contributed by atoms with E-state index in [0.29, 0.717) is 29.2 Å². The summed E-state index contributed by atoms with van der Waals surface area (Å²) in [5, 5.41) is 2.59. The van der Waals surface area contributed by atoms with Crippen LogP contribution < -0.4 is 14.8 Å². The van der Waals surface area contributed by atoms with Gasteiger partial charge in [0.05, 0.1) is 14.2 Å². The molecule has 1 atom stereocenters. The number of ether oxygens (including phenoxy) is 3. The summed E-state index contributed by atoms with van der Waals surface area (Å²) in [5.74, 6) is -0.0107. The lowest BCUT2D eigenvalue weighted by molar-refractivity contribution is -0.144. The minimum Gasteiger partial charge on any atom is -0.493 e. The summed E-state index contributed by atoms with van der Waals surface area (Å²) in [6, 6.07) is 15.3. The van der Waals surface area contributed by atoms with Crippen LogP contribution in [0.4, 0.5) is 0 Å². The smallest absolute Gasteiger partial charge is 0.328 e. The van der Waals surface area contributed by atoms with Crippen LogP contribution in [0.5, 0.6) is 11.5 Å². The van der Waals surface area contributed by atoms with E-state index in [4.69, 9.17) is 14.2 Å². The Morgan fingerprint density at radius 3 is 2.31 bits per heavy atom. The summed E-state index contributed by atoms with van der Waals surface area (Å²) in [6.45, 7) is 5.60. The minimum absolute atomic E-state index is 0.296. The number of nitrogens with one attached hydrogen (secondary N) is 1. The Hall–Kier alpha value is -4.07. The number of ketones is 1. The normalized spacial score (nSPS) is 11.5. The van der Waals surface area contributed by atoms with Gasteiger partial charge in [0.2, 0.25) is 5.78 Å². The predicted molar refractivity (Wildman–Crippen MR) is 136 cm³/mol. The van der Waals surface area contributed by atoms with E-state index in [-0.39, 0.29) is 11.7 Å².